The predicted octanol–water partition coefficient (Wildman–Crippen LogP) is 3.22. The van der Waals surface area contributed by atoms with Crippen LogP contribution in [-0.4, -0.2) is 22.7 Å². The fourth-order valence-corrected chi connectivity index (χ4v) is 1.93. The maximum Gasteiger partial charge on any atom is 0.343 e. The Morgan fingerprint density at radius 1 is 1.58 bits per heavy atom. The molecule has 0 aliphatic heterocycles. The molecule has 1 aromatic carbocycles. The minimum absolute atomic E-state index is 0.0525. The lowest BCUT2D eigenvalue weighted by Crippen LogP contribution is -2.06. The fraction of sp³-hybridized carbons (Fsp3) is 0.231. The summed E-state index contributed by atoms with van der Waals surface area (Å²) in [7, 11) is 0. The van der Waals surface area contributed by atoms with Crippen molar-refractivity contribution in [1.29, 1.82) is 0 Å². The van der Waals surface area contributed by atoms with Crippen molar-refractivity contribution < 1.29 is 19.0 Å². The molecule has 1 heterocycles. The van der Waals surface area contributed by atoms with E-state index in [0.29, 0.717) is 11.1 Å². The number of benzene rings is 1. The molecule has 6 heteroatoms. The van der Waals surface area contributed by atoms with Gasteiger partial charge >= 0.3 is 5.97 Å². The number of aryl methyl sites for hydroxylation is 1. The number of nitrogens with zero attached hydrogens (tertiary/aromatic N) is 1. The first-order valence-electron chi connectivity index (χ1n) is 5.60. The van der Waals surface area contributed by atoms with Crippen LogP contribution in [0.5, 0.6) is 5.75 Å². The van der Waals surface area contributed by atoms with Crippen molar-refractivity contribution in [3.63, 3.8) is 0 Å². The van der Waals surface area contributed by atoms with Gasteiger partial charge in [-0.1, -0.05) is 11.6 Å². The van der Waals surface area contributed by atoms with E-state index in [-0.39, 0.29) is 28.3 Å². The van der Waals surface area contributed by atoms with Crippen LogP contribution in [0.1, 0.15) is 22.8 Å². The van der Waals surface area contributed by atoms with Crippen LogP contribution in [0.4, 0.5) is 4.39 Å². The number of hydrogen-bond donors (Lipinski definition) is 1. The van der Waals surface area contributed by atoms with E-state index in [0.717, 1.165) is 6.07 Å². The average Bonchev–Trinajstić information content (AvgIpc) is 2.38. The van der Waals surface area contributed by atoms with Crippen LogP contribution in [0.2, 0.25) is 5.02 Å². The number of fused-ring (bicyclic) bond motifs is 1. The number of rotatable bonds is 2. The summed E-state index contributed by atoms with van der Waals surface area (Å²) in [6, 6.07) is 1.05. The van der Waals surface area contributed by atoms with Crippen molar-refractivity contribution >= 4 is 28.5 Å². The molecule has 0 atom stereocenters. The number of carbonyl (C=O) groups is 1. The zero-order valence-electron chi connectivity index (χ0n) is 10.3. The molecule has 100 valence electrons. The van der Waals surface area contributed by atoms with Crippen molar-refractivity contribution in [2.45, 2.75) is 13.8 Å². The first-order chi connectivity index (χ1) is 8.97. The van der Waals surface area contributed by atoms with Gasteiger partial charge in [-0.25, -0.2) is 9.18 Å². The number of halogens is 2. The topological polar surface area (TPSA) is 59.4 Å². The zero-order chi connectivity index (χ0) is 14.2. The molecule has 1 N–H and O–H groups in total. The summed E-state index contributed by atoms with van der Waals surface area (Å²) in [5.41, 5.74) is 0.648. The van der Waals surface area contributed by atoms with E-state index in [1.165, 1.54) is 6.20 Å². The van der Waals surface area contributed by atoms with Gasteiger partial charge in [0.1, 0.15) is 17.1 Å². The molecule has 0 bridgehead atoms. The van der Waals surface area contributed by atoms with E-state index in [1.807, 2.05) is 0 Å². The molecule has 0 unspecified atom stereocenters. The first kappa shape index (κ1) is 13.5. The molecule has 4 nitrogen and oxygen atoms in total. The molecule has 0 radical (unpaired) electrons. The number of aromatic hydroxyl groups is 1. The van der Waals surface area contributed by atoms with Gasteiger partial charge < -0.3 is 9.84 Å². The average molecular weight is 284 g/mol. The highest BCUT2D eigenvalue weighted by atomic mass is 35.5. The van der Waals surface area contributed by atoms with Crippen molar-refractivity contribution in [2.75, 3.05) is 6.61 Å². The molecule has 19 heavy (non-hydrogen) atoms. The largest absolute Gasteiger partial charge is 0.506 e. The third kappa shape index (κ3) is 2.21. The van der Waals surface area contributed by atoms with Gasteiger partial charge in [0.25, 0.3) is 0 Å². The van der Waals surface area contributed by atoms with E-state index in [2.05, 4.69) is 4.98 Å². The molecule has 0 saturated heterocycles. The molecule has 0 spiro atoms. The number of carbonyl (C=O) groups excluding carboxylic acids is 1. The number of ether oxygens (including phenoxy) is 1. The Morgan fingerprint density at radius 3 is 2.89 bits per heavy atom. The van der Waals surface area contributed by atoms with Crippen LogP contribution >= 0.6 is 11.6 Å². The quantitative estimate of drug-likeness (QED) is 0.860. The SMILES string of the molecule is CCOC(=O)c1cnc2c(C)c(Cl)c(F)cc2c1O. The molecule has 0 saturated carbocycles. The summed E-state index contributed by atoms with van der Waals surface area (Å²) in [6.45, 7) is 3.40. The highest BCUT2D eigenvalue weighted by molar-refractivity contribution is 6.32. The Morgan fingerprint density at radius 2 is 2.26 bits per heavy atom. The first-order valence-corrected chi connectivity index (χ1v) is 5.98. The molecule has 1 aromatic heterocycles. The van der Waals surface area contributed by atoms with Crippen molar-refractivity contribution in [3.8, 4) is 5.75 Å². The Balaban J connectivity index is 2.72. The van der Waals surface area contributed by atoms with Crippen LogP contribution < -0.4 is 0 Å². The summed E-state index contributed by atoms with van der Waals surface area (Å²) in [6.07, 6.45) is 1.19. The van der Waals surface area contributed by atoms with Crippen molar-refractivity contribution in [2.24, 2.45) is 0 Å². The predicted molar refractivity (Wildman–Crippen MR) is 69.1 cm³/mol. The van der Waals surface area contributed by atoms with Gasteiger partial charge in [0.05, 0.1) is 17.1 Å². The lowest BCUT2D eigenvalue weighted by Gasteiger charge is -2.09. The van der Waals surface area contributed by atoms with Crippen LogP contribution in [0.3, 0.4) is 0 Å². The summed E-state index contributed by atoms with van der Waals surface area (Å²) < 4.78 is 18.4. The van der Waals surface area contributed by atoms with Gasteiger partial charge in [0, 0.05) is 11.6 Å². The van der Waals surface area contributed by atoms with Gasteiger partial charge in [-0.3, -0.25) is 4.98 Å². The standard InChI is InChI=1S/C13H11ClFNO3/c1-3-19-13(18)8-5-16-11-6(2)10(14)9(15)4-7(11)12(8)17/h4-5H,3H2,1-2H3,(H,16,17). The second-order valence-corrected chi connectivity index (χ2v) is 4.31. The maximum atomic E-state index is 13.6. The van der Waals surface area contributed by atoms with E-state index >= 15 is 0 Å². The zero-order valence-corrected chi connectivity index (χ0v) is 11.1. The second-order valence-electron chi connectivity index (χ2n) is 3.93. The Kier molecular flexibility index (Phi) is 3.57. The smallest absolute Gasteiger partial charge is 0.343 e. The van der Waals surface area contributed by atoms with E-state index < -0.39 is 11.8 Å². The molecule has 0 fully saturated rings. The van der Waals surface area contributed by atoms with Gasteiger partial charge in [0.15, 0.2) is 0 Å². The van der Waals surface area contributed by atoms with Crippen molar-refractivity contribution in [1.82, 2.24) is 4.98 Å². The van der Waals surface area contributed by atoms with E-state index in [9.17, 15) is 14.3 Å². The molecule has 2 rings (SSSR count). The summed E-state index contributed by atoms with van der Waals surface area (Å²) >= 11 is 5.77. The van der Waals surface area contributed by atoms with Crippen molar-refractivity contribution in [3.05, 3.63) is 34.2 Å². The number of esters is 1. The number of pyridine rings is 1. The lowest BCUT2D eigenvalue weighted by molar-refractivity contribution is 0.0523. The van der Waals surface area contributed by atoms with Gasteiger partial charge in [-0.15, -0.1) is 0 Å². The van der Waals surface area contributed by atoms with Crippen LogP contribution in [0, 0.1) is 12.7 Å². The molecule has 0 amide bonds. The highest BCUT2D eigenvalue weighted by Crippen LogP contribution is 2.34. The van der Waals surface area contributed by atoms with E-state index in [4.69, 9.17) is 16.3 Å². The summed E-state index contributed by atoms with van der Waals surface area (Å²) in [5.74, 6) is -1.74. The van der Waals surface area contributed by atoms with Crippen LogP contribution in [0.15, 0.2) is 12.3 Å². The van der Waals surface area contributed by atoms with Crippen LogP contribution in [0.25, 0.3) is 10.9 Å². The van der Waals surface area contributed by atoms with Gasteiger partial charge in [-0.05, 0) is 25.5 Å². The minimum Gasteiger partial charge on any atom is -0.506 e. The van der Waals surface area contributed by atoms with Gasteiger partial charge in [0.2, 0.25) is 0 Å². The highest BCUT2D eigenvalue weighted by Gasteiger charge is 2.19. The molecular weight excluding hydrogens is 273 g/mol. The lowest BCUT2D eigenvalue weighted by atomic mass is 10.1. The second kappa shape index (κ2) is 5.01. The molecule has 0 aliphatic rings. The summed E-state index contributed by atoms with van der Waals surface area (Å²) in [5, 5.41) is 10.1. The maximum absolute atomic E-state index is 13.6. The third-order valence-corrected chi connectivity index (χ3v) is 3.21. The fourth-order valence-electron chi connectivity index (χ4n) is 1.78. The molecular formula is C13H11ClFNO3. The summed E-state index contributed by atoms with van der Waals surface area (Å²) in [4.78, 5) is 15.6. The number of aromatic nitrogens is 1. The Hall–Kier alpha value is -1.88. The third-order valence-electron chi connectivity index (χ3n) is 2.75. The van der Waals surface area contributed by atoms with E-state index in [1.54, 1.807) is 13.8 Å². The Bertz CT molecular complexity index is 673. The normalized spacial score (nSPS) is 10.7. The molecule has 2 aromatic rings. The number of hydrogen-bond acceptors (Lipinski definition) is 4. The molecule has 0 aliphatic carbocycles. The monoisotopic (exact) mass is 283 g/mol. The minimum atomic E-state index is -0.706. The van der Waals surface area contributed by atoms with Crippen LogP contribution in [-0.2, 0) is 4.74 Å². The van der Waals surface area contributed by atoms with Gasteiger partial charge in [-0.2, -0.15) is 0 Å². The Labute approximate surface area is 113 Å².